The monoisotopic (exact) mass is 230 g/mol. The zero-order chi connectivity index (χ0) is 11.8. The highest BCUT2D eigenvalue weighted by Crippen LogP contribution is 2.15. The van der Waals surface area contributed by atoms with Crippen LogP contribution >= 0.6 is 0 Å². The molecule has 84 valence electrons. The average Bonchev–Trinajstić information content (AvgIpc) is 2.96. The summed E-state index contributed by atoms with van der Waals surface area (Å²) in [6.45, 7) is 0. The molecular weight excluding hydrogens is 224 g/mol. The standard InChI is InChI=1S/C10H6N4O3/c15-9(16)6-3-4-14-10(11-6)12-8(13-14)7-2-1-5-17-7/h1-5H,(H,15,16). The normalized spacial score (nSPS) is 10.8. The molecule has 0 amide bonds. The Hall–Kier alpha value is -2.70. The van der Waals surface area contributed by atoms with E-state index in [1.54, 1.807) is 12.1 Å². The maximum atomic E-state index is 10.7. The van der Waals surface area contributed by atoms with Gasteiger partial charge in [0.1, 0.15) is 0 Å². The predicted octanol–water partition coefficient (Wildman–Crippen LogP) is 1.08. The summed E-state index contributed by atoms with van der Waals surface area (Å²) in [7, 11) is 0. The third-order valence-electron chi connectivity index (χ3n) is 2.17. The van der Waals surface area contributed by atoms with Crippen LogP contribution in [0.5, 0.6) is 0 Å². The lowest BCUT2D eigenvalue weighted by molar-refractivity contribution is 0.0690. The van der Waals surface area contributed by atoms with Crippen molar-refractivity contribution >= 4 is 11.7 Å². The van der Waals surface area contributed by atoms with Crippen molar-refractivity contribution in [3.63, 3.8) is 0 Å². The van der Waals surface area contributed by atoms with Crippen molar-refractivity contribution in [2.75, 3.05) is 0 Å². The molecule has 7 nitrogen and oxygen atoms in total. The molecule has 0 saturated heterocycles. The van der Waals surface area contributed by atoms with E-state index in [1.807, 2.05) is 0 Å². The van der Waals surface area contributed by atoms with E-state index in [1.165, 1.54) is 23.0 Å². The van der Waals surface area contributed by atoms with Crippen molar-refractivity contribution in [1.29, 1.82) is 0 Å². The quantitative estimate of drug-likeness (QED) is 0.708. The molecule has 0 aliphatic carbocycles. The number of carbonyl (C=O) groups is 1. The number of nitrogens with zero attached hydrogens (tertiary/aromatic N) is 4. The predicted molar refractivity (Wildman–Crippen MR) is 55.4 cm³/mol. The van der Waals surface area contributed by atoms with Gasteiger partial charge in [0, 0.05) is 6.20 Å². The van der Waals surface area contributed by atoms with Crippen molar-refractivity contribution < 1.29 is 14.3 Å². The molecule has 17 heavy (non-hydrogen) atoms. The van der Waals surface area contributed by atoms with Crippen LogP contribution in [-0.4, -0.2) is 30.7 Å². The van der Waals surface area contributed by atoms with Crippen LogP contribution in [-0.2, 0) is 0 Å². The number of rotatable bonds is 2. The molecule has 1 N–H and O–H groups in total. The molecular formula is C10H6N4O3. The van der Waals surface area contributed by atoms with Gasteiger partial charge in [-0.1, -0.05) is 0 Å². The van der Waals surface area contributed by atoms with Crippen LogP contribution in [0.1, 0.15) is 10.5 Å². The number of carboxylic acids is 1. The molecule has 0 unspecified atom stereocenters. The van der Waals surface area contributed by atoms with Crippen molar-refractivity contribution in [2.45, 2.75) is 0 Å². The molecule has 0 radical (unpaired) electrons. The molecule has 0 spiro atoms. The zero-order valence-electron chi connectivity index (χ0n) is 8.44. The first kappa shape index (κ1) is 9.52. The second kappa shape index (κ2) is 3.41. The van der Waals surface area contributed by atoms with E-state index in [4.69, 9.17) is 9.52 Å². The summed E-state index contributed by atoms with van der Waals surface area (Å²) in [5.74, 6) is -0.0104. The minimum atomic E-state index is -1.10. The summed E-state index contributed by atoms with van der Waals surface area (Å²) in [6, 6.07) is 4.79. The minimum absolute atomic E-state index is 0.0732. The number of furan rings is 1. The van der Waals surface area contributed by atoms with Crippen LogP contribution in [0.3, 0.4) is 0 Å². The molecule has 3 aromatic heterocycles. The van der Waals surface area contributed by atoms with E-state index >= 15 is 0 Å². The first-order chi connectivity index (χ1) is 8.24. The molecule has 0 atom stereocenters. The minimum Gasteiger partial charge on any atom is -0.477 e. The summed E-state index contributed by atoms with van der Waals surface area (Å²) in [6.07, 6.45) is 3.00. The molecule has 7 heteroatoms. The van der Waals surface area contributed by atoms with Gasteiger partial charge in [0.15, 0.2) is 11.5 Å². The molecule has 0 saturated carbocycles. The smallest absolute Gasteiger partial charge is 0.354 e. The maximum absolute atomic E-state index is 10.7. The lowest BCUT2D eigenvalue weighted by atomic mass is 10.4. The highest BCUT2D eigenvalue weighted by Gasteiger charge is 2.12. The first-order valence-corrected chi connectivity index (χ1v) is 4.74. The van der Waals surface area contributed by atoms with Crippen LogP contribution in [0.15, 0.2) is 35.1 Å². The Morgan fingerprint density at radius 3 is 2.94 bits per heavy atom. The van der Waals surface area contributed by atoms with Gasteiger partial charge in [0.25, 0.3) is 5.78 Å². The third-order valence-corrected chi connectivity index (χ3v) is 2.17. The topological polar surface area (TPSA) is 93.5 Å². The number of fused-ring (bicyclic) bond motifs is 1. The molecule has 0 aromatic carbocycles. The number of hydrogen-bond acceptors (Lipinski definition) is 5. The summed E-state index contributed by atoms with van der Waals surface area (Å²) in [5, 5.41) is 12.9. The van der Waals surface area contributed by atoms with Crippen LogP contribution < -0.4 is 0 Å². The van der Waals surface area contributed by atoms with Gasteiger partial charge in [0.05, 0.1) is 6.26 Å². The van der Waals surface area contributed by atoms with E-state index < -0.39 is 5.97 Å². The van der Waals surface area contributed by atoms with Gasteiger partial charge in [-0.2, -0.15) is 4.98 Å². The lowest BCUT2D eigenvalue weighted by Crippen LogP contribution is -2.02. The average molecular weight is 230 g/mol. The second-order valence-electron chi connectivity index (χ2n) is 3.28. The summed E-state index contributed by atoms with van der Waals surface area (Å²) in [4.78, 5) is 18.7. The fourth-order valence-electron chi connectivity index (χ4n) is 1.41. The largest absolute Gasteiger partial charge is 0.477 e. The van der Waals surface area contributed by atoms with Crippen molar-refractivity contribution in [2.24, 2.45) is 0 Å². The Bertz CT molecular complexity index is 687. The van der Waals surface area contributed by atoms with Crippen molar-refractivity contribution in [3.8, 4) is 11.6 Å². The van der Waals surface area contributed by atoms with Gasteiger partial charge in [0.2, 0.25) is 5.82 Å². The van der Waals surface area contributed by atoms with Gasteiger partial charge >= 0.3 is 5.97 Å². The van der Waals surface area contributed by atoms with E-state index in [-0.39, 0.29) is 11.5 Å². The SMILES string of the molecule is O=C(O)c1ccn2nc(-c3ccco3)nc2n1. The molecule has 0 aliphatic heterocycles. The van der Waals surface area contributed by atoms with Crippen molar-refractivity contribution in [3.05, 3.63) is 36.4 Å². The molecule has 0 bridgehead atoms. The highest BCUT2D eigenvalue weighted by atomic mass is 16.4. The molecule has 0 fully saturated rings. The Labute approximate surface area is 94.3 Å². The van der Waals surface area contributed by atoms with E-state index in [0.717, 1.165) is 0 Å². The van der Waals surface area contributed by atoms with Crippen LogP contribution in [0.4, 0.5) is 0 Å². The number of hydrogen-bond donors (Lipinski definition) is 1. The zero-order valence-corrected chi connectivity index (χ0v) is 8.44. The van der Waals surface area contributed by atoms with Gasteiger partial charge in [-0.05, 0) is 18.2 Å². The van der Waals surface area contributed by atoms with E-state index in [9.17, 15) is 4.79 Å². The van der Waals surface area contributed by atoms with Crippen LogP contribution in [0.2, 0.25) is 0 Å². The van der Waals surface area contributed by atoms with Gasteiger partial charge in [-0.25, -0.2) is 14.3 Å². The summed E-state index contributed by atoms with van der Waals surface area (Å²) in [5.41, 5.74) is -0.0732. The maximum Gasteiger partial charge on any atom is 0.354 e. The van der Waals surface area contributed by atoms with Gasteiger partial charge < -0.3 is 9.52 Å². The number of carboxylic acid groups (broad SMARTS) is 1. The number of aromatic nitrogens is 4. The second-order valence-corrected chi connectivity index (χ2v) is 3.28. The molecule has 3 aromatic rings. The summed E-state index contributed by atoms with van der Waals surface area (Å²) < 4.78 is 6.54. The van der Waals surface area contributed by atoms with Gasteiger partial charge in [-0.15, -0.1) is 5.10 Å². The highest BCUT2D eigenvalue weighted by molar-refractivity contribution is 5.85. The fraction of sp³-hybridized carbons (Fsp3) is 0. The lowest BCUT2D eigenvalue weighted by Gasteiger charge is -1.92. The Kier molecular flexibility index (Phi) is 1.91. The number of aromatic carboxylic acids is 1. The molecule has 3 heterocycles. The fourth-order valence-corrected chi connectivity index (χ4v) is 1.41. The molecule has 3 rings (SSSR count). The van der Waals surface area contributed by atoms with Crippen LogP contribution in [0, 0.1) is 0 Å². The van der Waals surface area contributed by atoms with E-state index in [0.29, 0.717) is 11.6 Å². The van der Waals surface area contributed by atoms with Crippen LogP contribution in [0.25, 0.3) is 17.4 Å². The molecule has 0 aliphatic rings. The summed E-state index contributed by atoms with van der Waals surface area (Å²) >= 11 is 0. The Morgan fingerprint density at radius 1 is 1.35 bits per heavy atom. The van der Waals surface area contributed by atoms with Gasteiger partial charge in [-0.3, -0.25) is 0 Å². The Morgan fingerprint density at radius 2 is 2.24 bits per heavy atom. The van der Waals surface area contributed by atoms with Crippen molar-refractivity contribution in [1.82, 2.24) is 19.6 Å². The third kappa shape index (κ3) is 1.53. The Balaban J connectivity index is 2.16. The van der Waals surface area contributed by atoms with E-state index in [2.05, 4.69) is 15.1 Å². The first-order valence-electron chi connectivity index (χ1n) is 4.74.